The van der Waals surface area contributed by atoms with Crippen LogP contribution in [0.5, 0.6) is 0 Å². The van der Waals surface area contributed by atoms with Crippen molar-refractivity contribution in [2.75, 3.05) is 0 Å². The highest BCUT2D eigenvalue weighted by atomic mass is 16.4. The second kappa shape index (κ2) is 10.2. The van der Waals surface area contributed by atoms with Crippen LogP contribution in [0.1, 0.15) is 71.1 Å². The lowest BCUT2D eigenvalue weighted by molar-refractivity contribution is -0.149. The number of carbonyl (C=O) groups is 3. The molecule has 0 aliphatic heterocycles. The molecule has 1 saturated carbocycles. The number of carboxylic acid groups (broad SMARTS) is 1. The van der Waals surface area contributed by atoms with E-state index in [0.29, 0.717) is 19.3 Å². The average molecular weight is 312 g/mol. The predicted molar refractivity (Wildman–Crippen MR) is 82.7 cm³/mol. The largest absolute Gasteiger partial charge is 0.481 e. The number of unbranched alkanes of at least 4 members (excludes halogenated alkanes) is 4. The maximum absolute atomic E-state index is 12.0. The Balaban J connectivity index is 2.26. The van der Waals surface area contributed by atoms with E-state index in [-0.39, 0.29) is 11.8 Å². The molecule has 0 bridgehead atoms. The Labute approximate surface area is 132 Å². The minimum Gasteiger partial charge on any atom is -0.481 e. The summed E-state index contributed by atoms with van der Waals surface area (Å²) in [6.45, 7) is 2.14. The highest BCUT2D eigenvalue weighted by Crippen LogP contribution is 2.30. The van der Waals surface area contributed by atoms with Gasteiger partial charge in [-0.2, -0.15) is 0 Å². The number of nitrogens with one attached hydrogen (secondary N) is 2. The number of aliphatic carboxylic acids is 1. The van der Waals surface area contributed by atoms with Crippen molar-refractivity contribution in [1.29, 1.82) is 0 Å². The Morgan fingerprint density at radius 2 is 1.59 bits per heavy atom. The van der Waals surface area contributed by atoms with Crippen LogP contribution < -0.4 is 10.9 Å². The lowest BCUT2D eigenvalue weighted by atomic mass is 9.79. The zero-order chi connectivity index (χ0) is 16.4. The van der Waals surface area contributed by atoms with Crippen molar-refractivity contribution in [3.05, 3.63) is 0 Å². The second-order valence-corrected chi connectivity index (χ2v) is 6.04. The van der Waals surface area contributed by atoms with Crippen molar-refractivity contribution >= 4 is 17.8 Å². The van der Waals surface area contributed by atoms with Gasteiger partial charge in [0.05, 0.1) is 11.8 Å². The van der Waals surface area contributed by atoms with E-state index in [2.05, 4.69) is 17.8 Å². The van der Waals surface area contributed by atoms with E-state index in [9.17, 15) is 14.4 Å². The van der Waals surface area contributed by atoms with Crippen LogP contribution in [0, 0.1) is 11.8 Å². The average Bonchev–Trinajstić information content (AvgIpc) is 2.52. The molecule has 0 aromatic carbocycles. The number of hydrogen-bond donors (Lipinski definition) is 3. The van der Waals surface area contributed by atoms with Gasteiger partial charge in [-0.25, -0.2) is 0 Å². The summed E-state index contributed by atoms with van der Waals surface area (Å²) in [4.78, 5) is 34.8. The quantitative estimate of drug-likeness (QED) is 0.473. The molecule has 1 aliphatic rings. The van der Waals surface area contributed by atoms with E-state index in [1.807, 2.05) is 0 Å². The molecule has 126 valence electrons. The fourth-order valence-electron chi connectivity index (χ4n) is 2.92. The number of hydrazine groups is 1. The first-order valence-corrected chi connectivity index (χ1v) is 8.37. The highest BCUT2D eigenvalue weighted by molar-refractivity contribution is 5.87. The molecule has 6 nitrogen and oxygen atoms in total. The number of carboxylic acids is 1. The van der Waals surface area contributed by atoms with Crippen LogP contribution in [0.25, 0.3) is 0 Å². The number of amides is 2. The summed E-state index contributed by atoms with van der Waals surface area (Å²) in [6, 6.07) is 0. The van der Waals surface area contributed by atoms with Gasteiger partial charge < -0.3 is 5.11 Å². The Morgan fingerprint density at radius 3 is 2.23 bits per heavy atom. The number of hydrogen-bond acceptors (Lipinski definition) is 3. The van der Waals surface area contributed by atoms with Gasteiger partial charge in [-0.1, -0.05) is 45.4 Å². The normalized spacial score (nSPS) is 21.1. The van der Waals surface area contributed by atoms with Gasteiger partial charge in [-0.3, -0.25) is 25.2 Å². The molecule has 0 aromatic rings. The lowest BCUT2D eigenvalue weighted by Crippen LogP contribution is -2.47. The molecule has 0 spiro atoms. The van der Waals surface area contributed by atoms with Gasteiger partial charge in [-0.05, 0) is 19.3 Å². The van der Waals surface area contributed by atoms with Crippen molar-refractivity contribution in [2.45, 2.75) is 71.1 Å². The zero-order valence-electron chi connectivity index (χ0n) is 13.4. The van der Waals surface area contributed by atoms with Crippen LogP contribution in [0.2, 0.25) is 0 Å². The van der Waals surface area contributed by atoms with Gasteiger partial charge in [0, 0.05) is 6.42 Å². The van der Waals surface area contributed by atoms with Gasteiger partial charge in [0.2, 0.25) is 11.8 Å². The van der Waals surface area contributed by atoms with Crippen molar-refractivity contribution in [3.63, 3.8) is 0 Å². The summed E-state index contributed by atoms with van der Waals surface area (Å²) < 4.78 is 0. The fraction of sp³-hybridized carbons (Fsp3) is 0.812. The van der Waals surface area contributed by atoms with Crippen molar-refractivity contribution in [3.8, 4) is 0 Å². The van der Waals surface area contributed by atoms with E-state index in [4.69, 9.17) is 5.11 Å². The third kappa shape index (κ3) is 6.45. The first-order valence-electron chi connectivity index (χ1n) is 8.37. The molecule has 1 fully saturated rings. The summed E-state index contributed by atoms with van der Waals surface area (Å²) in [5.41, 5.74) is 4.79. The van der Waals surface area contributed by atoms with Crippen LogP contribution in [-0.2, 0) is 14.4 Å². The minimum absolute atomic E-state index is 0.215. The van der Waals surface area contributed by atoms with Crippen molar-refractivity contribution in [1.82, 2.24) is 10.9 Å². The van der Waals surface area contributed by atoms with E-state index < -0.39 is 17.8 Å². The molecule has 2 atom stereocenters. The second-order valence-electron chi connectivity index (χ2n) is 6.04. The maximum Gasteiger partial charge on any atom is 0.307 e. The van der Waals surface area contributed by atoms with E-state index in [1.165, 1.54) is 6.42 Å². The van der Waals surface area contributed by atoms with Crippen LogP contribution in [0.15, 0.2) is 0 Å². The molecule has 1 rings (SSSR count). The van der Waals surface area contributed by atoms with Gasteiger partial charge in [-0.15, -0.1) is 0 Å². The van der Waals surface area contributed by atoms with Crippen LogP contribution in [0.4, 0.5) is 0 Å². The standard InChI is InChI=1S/C16H28N2O4/c1-2-3-4-5-6-11-14(19)17-18-15(20)12-9-7-8-10-13(12)16(21)22/h12-13H,2-11H2,1H3,(H,17,19)(H,18,20)(H,21,22)/t12-,13-/m1/s1. The smallest absolute Gasteiger partial charge is 0.307 e. The summed E-state index contributed by atoms with van der Waals surface area (Å²) in [6.07, 6.45) is 8.45. The maximum atomic E-state index is 12.0. The van der Waals surface area contributed by atoms with Gasteiger partial charge in [0.15, 0.2) is 0 Å². The Morgan fingerprint density at radius 1 is 0.955 bits per heavy atom. The van der Waals surface area contributed by atoms with Gasteiger partial charge in [0.25, 0.3) is 0 Å². The topological polar surface area (TPSA) is 95.5 Å². The Bertz CT molecular complexity index is 384. The van der Waals surface area contributed by atoms with Crippen LogP contribution in [0.3, 0.4) is 0 Å². The SMILES string of the molecule is CCCCCCCC(=O)NNC(=O)[C@@H]1CCCC[C@H]1C(=O)O. The van der Waals surface area contributed by atoms with Crippen LogP contribution >= 0.6 is 0 Å². The molecular formula is C16H28N2O4. The van der Waals surface area contributed by atoms with Gasteiger partial charge in [0.1, 0.15) is 0 Å². The van der Waals surface area contributed by atoms with Crippen LogP contribution in [-0.4, -0.2) is 22.9 Å². The van der Waals surface area contributed by atoms with Crippen molar-refractivity contribution < 1.29 is 19.5 Å². The van der Waals surface area contributed by atoms with Gasteiger partial charge >= 0.3 is 5.97 Å². The Hall–Kier alpha value is -1.59. The molecule has 0 aromatic heterocycles. The first-order chi connectivity index (χ1) is 10.6. The van der Waals surface area contributed by atoms with E-state index in [1.54, 1.807) is 0 Å². The summed E-state index contributed by atoms with van der Waals surface area (Å²) in [7, 11) is 0. The van der Waals surface area contributed by atoms with E-state index in [0.717, 1.165) is 38.5 Å². The lowest BCUT2D eigenvalue weighted by Gasteiger charge is -2.27. The fourth-order valence-corrected chi connectivity index (χ4v) is 2.92. The monoisotopic (exact) mass is 312 g/mol. The molecule has 2 amide bonds. The summed E-state index contributed by atoms with van der Waals surface area (Å²) in [5, 5.41) is 9.15. The molecule has 22 heavy (non-hydrogen) atoms. The molecule has 0 heterocycles. The minimum atomic E-state index is -0.929. The Kier molecular flexibility index (Phi) is 8.55. The molecule has 6 heteroatoms. The molecule has 0 radical (unpaired) electrons. The highest BCUT2D eigenvalue weighted by Gasteiger charge is 2.35. The summed E-state index contributed by atoms with van der Waals surface area (Å²) >= 11 is 0. The molecule has 0 unspecified atom stereocenters. The third-order valence-corrected chi connectivity index (χ3v) is 4.25. The number of rotatable bonds is 8. The molecular weight excluding hydrogens is 284 g/mol. The van der Waals surface area contributed by atoms with Crippen molar-refractivity contribution in [2.24, 2.45) is 11.8 Å². The summed E-state index contributed by atoms with van der Waals surface area (Å²) in [5.74, 6) is -2.71. The zero-order valence-corrected chi connectivity index (χ0v) is 13.4. The molecule has 3 N–H and O–H groups in total. The predicted octanol–water partition coefficient (Wildman–Crippen LogP) is 2.39. The number of carbonyl (C=O) groups excluding carboxylic acids is 2. The first kappa shape index (κ1) is 18.5. The third-order valence-electron chi connectivity index (χ3n) is 4.25. The van der Waals surface area contributed by atoms with E-state index >= 15 is 0 Å². The molecule has 0 saturated heterocycles. The molecule has 1 aliphatic carbocycles.